The summed E-state index contributed by atoms with van der Waals surface area (Å²) >= 11 is 5.25. The zero-order valence-electron chi connectivity index (χ0n) is 12.1. The lowest BCUT2D eigenvalue weighted by atomic mass is 10.2. The molecule has 0 radical (unpaired) electrons. The number of benzene rings is 1. The Balaban J connectivity index is 1.68. The summed E-state index contributed by atoms with van der Waals surface area (Å²) < 4.78 is 2.91. The van der Waals surface area contributed by atoms with Crippen LogP contribution < -0.4 is 5.32 Å². The van der Waals surface area contributed by atoms with Gasteiger partial charge in [0.25, 0.3) is 0 Å². The van der Waals surface area contributed by atoms with Gasteiger partial charge in [-0.05, 0) is 35.7 Å². The van der Waals surface area contributed by atoms with E-state index in [1.54, 1.807) is 11.3 Å². The molecule has 0 aliphatic heterocycles. The van der Waals surface area contributed by atoms with Crippen LogP contribution >= 0.6 is 27.3 Å². The highest BCUT2D eigenvalue weighted by Gasteiger charge is 2.08. The second-order valence-electron chi connectivity index (χ2n) is 5.08. The van der Waals surface area contributed by atoms with Crippen LogP contribution in [0.2, 0.25) is 0 Å². The first-order valence-corrected chi connectivity index (χ1v) is 8.84. The summed E-state index contributed by atoms with van der Waals surface area (Å²) in [5, 5.41) is 10.1. The van der Waals surface area contributed by atoms with E-state index in [1.165, 1.54) is 4.88 Å². The van der Waals surface area contributed by atoms with Crippen molar-refractivity contribution in [2.75, 3.05) is 5.32 Å². The Labute approximate surface area is 145 Å². The summed E-state index contributed by atoms with van der Waals surface area (Å²) in [5.74, 6) is 0.833. The minimum Gasteiger partial charge on any atom is -0.364 e. The highest BCUT2D eigenvalue weighted by Crippen LogP contribution is 2.24. The van der Waals surface area contributed by atoms with Gasteiger partial charge < -0.3 is 5.32 Å². The van der Waals surface area contributed by atoms with E-state index in [9.17, 15) is 0 Å². The summed E-state index contributed by atoms with van der Waals surface area (Å²) in [5.41, 5.74) is 2.89. The number of anilines is 1. The van der Waals surface area contributed by atoms with Crippen molar-refractivity contribution in [2.24, 2.45) is 0 Å². The van der Waals surface area contributed by atoms with Crippen LogP contribution in [0.3, 0.4) is 0 Å². The molecule has 0 bridgehead atoms. The Morgan fingerprint density at radius 2 is 2.09 bits per heavy atom. The molecule has 23 heavy (non-hydrogen) atoms. The van der Waals surface area contributed by atoms with Crippen molar-refractivity contribution in [3.63, 3.8) is 0 Å². The molecule has 0 saturated carbocycles. The molecule has 4 aromatic rings. The third kappa shape index (κ3) is 3.00. The van der Waals surface area contributed by atoms with Crippen LogP contribution in [0.15, 0.2) is 64.6 Å². The number of thiophene rings is 1. The zero-order chi connectivity index (χ0) is 15.6. The molecule has 0 amide bonds. The van der Waals surface area contributed by atoms with E-state index in [4.69, 9.17) is 0 Å². The first-order chi connectivity index (χ1) is 11.3. The van der Waals surface area contributed by atoms with Gasteiger partial charge in [-0.25, -0.2) is 9.50 Å². The van der Waals surface area contributed by atoms with Gasteiger partial charge in [-0.1, -0.05) is 34.1 Å². The fourth-order valence-electron chi connectivity index (χ4n) is 2.40. The lowest BCUT2D eigenvalue weighted by Crippen LogP contribution is -2.03. The highest BCUT2D eigenvalue weighted by molar-refractivity contribution is 9.10. The minimum atomic E-state index is 0.775. The molecular formula is C17H13BrN4S. The van der Waals surface area contributed by atoms with Gasteiger partial charge in [0.15, 0.2) is 5.65 Å². The lowest BCUT2D eigenvalue weighted by Gasteiger charge is -2.06. The van der Waals surface area contributed by atoms with Crippen LogP contribution in [-0.2, 0) is 6.54 Å². The molecule has 0 spiro atoms. The van der Waals surface area contributed by atoms with E-state index in [0.29, 0.717) is 0 Å². The summed E-state index contributed by atoms with van der Waals surface area (Å²) in [6, 6.07) is 16.2. The number of rotatable bonds is 4. The molecule has 0 fully saturated rings. The van der Waals surface area contributed by atoms with Gasteiger partial charge >= 0.3 is 0 Å². The number of aromatic nitrogens is 3. The Hall–Kier alpha value is -2.18. The summed E-state index contributed by atoms with van der Waals surface area (Å²) in [4.78, 5) is 5.72. The monoisotopic (exact) mass is 384 g/mol. The van der Waals surface area contributed by atoms with Crippen LogP contribution in [0, 0.1) is 0 Å². The summed E-state index contributed by atoms with van der Waals surface area (Å²) in [6.07, 6.45) is 1.85. The predicted octanol–water partition coefficient (Wildman–Crippen LogP) is 4.83. The highest BCUT2D eigenvalue weighted by atomic mass is 79.9. The molecule has 114 valence electrons. The number of imidazole rings is 1. The number of nitrogens with one attached hydrogen (secondary N) is 1. The third-order valence-electron chi connectivity index (χ3n) is 3.51. The van der Waals surface area contributed by atoms with Crippen LogP contribution in [0.4, 0.5) is 5.82 Å². The van der Waals surface area contributed by atoms with Crippen molar-refractivity contribution < 1.29 is 0 Å². The predicted molar refractivity (Wildman–Crippen MR) is 97.8 cm³/mol. The molecule has 1 aromatic carbocycles. The fourth-order valence-corrected chi connectivity index (χ4v) is 3.45. The average molecular weight is 385 g/mol. The maximum Gasteiger partial charge on any atom is 0.154 e. The standard InChI is InChI=1S/C17H13BrN4S/c18-13-4-1-3-12(9-13)15-11-20-17-7-6-16(21-22(15)17)19-10-14-5-2-8-23-14/h1-9,11H,10H2,(H,19,21). The first-order valence-electron chi connectivity index (χ1n) is 7.16. The van der Waals surface area contributed by atoms with Crippen molar-refractivity contribution in [2.45, 2.75) is 6.54 Å². The Morgan fingerprint density at radius 3 is 2.91 bits per heavy atom. The van der Waals surface area contributed by atoms with Gasteiger partial charge in [-0.15, -0.1) is 16.4 Å². The Bertz CT molecular complexity index is 946. The van der Waals surface area contributed by atoms with E-state index in [2.05, 4.69) is 61.0 Å². The van der Waals surface area contributed by atoms with Gasteiger partial charge in [0.2, 0.25) is 0 Å². The van der Waals surface area contributed by atoms with E-state index in [1.807, 2.05) is 35.0 Å². The second kappa shape index (κ2) is 6.14. The van der Waals surface area contributed by atoms with E-state index in [0.717, 1.165) is 33.7 Å². The Kier molecular flexibility index (Phi) is 3.85. The maximum absolute atomic E-state index is 4.67. The minimum absolute atomic E-state index is 0.775. The maximum atomic E-state index is 4.67. The second-order valence-corrected chi connectivity index (χ2v) is 7.02. The molecular weight excluding hydrogens is 372 g/mol. The molecule has 4 nitrogen and oxygen atoms in total. The van der Waals surface area contributed by atoms with Gasteiger partial charge in [0.05, 0.1) is 18.4 Å². The van der Waals surface area contributed by atoms with Crippen LogP contribution in [-0.4, -0.2) is 14.6 Å². The van der Waals surface area contributed by atoms with Crippen molar-refractivity contribution in [1.82, 2.24) is 14.6 Å². The van der Waals surface area contributed by atoms with Crippen LogP contribution in [0.5, 0.6) is 0 Å². The average Bonchev–Trinajstić information content (AvgIpc) is 3.22. The number of hydrogen-bond donors (Lipinski definition) is 1. The quantitative estimate of drug-likeness (QED) is 0.547. The largest absolute Gasteiger partial charge is 0.364 e. The number of hydrogen-bond acceptors (Lipinski definition) is 4. The number of fused-ring (bicyclic) bond motifs is 1. The van der Waals surface area contributed by atoms with E-state index in [-0.39, 0.29) is 0 Å². The summed E-state index contributed by atoms with van der Waals surface area (Å²) in [7, 11) is 0. The van der Waals surface area contributed by atoms with E-state index >= 15 is 0 Å². The van der Waals surface area contributed by atoms with Crippen molar-refractivity contribution in [3.8, 4) is 11.3 Å². The smallest absolute Gasteiger partial charge is 0.154 e. The molecule has 0 aliphatic carbocycles. The van der Waals surface area contributed by atoms with Gasteiger partial charge in [-0.2, -0.15) is 0 Å². The third-order valence-corrected chi connectivity index (χ3v) is 4.88. The normalized spacial score (nSPS) is 11.0. The summed E-state index contributed by atoms with van der Waals surface area (Å²) in [6.45, 7) is 0.775. The molecule has 6 heteroatoms. The molecule has 4 rings (SSSR count). The molecule has 0 unspecified atom stereocenters. The SMILES string of the molecule is Brc1cccc(-c2cnc3ccc(NCc4cccs4)nn23)c1. The van der Waals surface area contributed by atoms with Crippen LogP contribution in [0.1, 0.15) is 4.88 Å². The van der Waals surface area contributed by atoms with Gasteiger partial charge in [0.1, 0.15) is 5.82 Å². The lowest BCUT2D eigenvalue weighted by molar-refractivity contribution is 0.933. The van der Waals surface area contributed by atoms with E-state index < -0.39 is 0 Å². The van der Waals surface area contributed by atoms with Gasteiger partial charge in [0, 0.05) is 14.9 Å². The molecule has 0 aliphatic rings. The van der Waals surface area contributed by atoms with Crippen LogP contribution in [0.25, 0.3) is 16.9 Å². The van der Waals surface area contributed by atoms with Crippen molar-refractivity contribution >= 4 is 38.7 Å². The Morgan fingerprint density at radius 1 is 1.13 bits per heavy atom. The first kappa shape index (κ1) is 14.4. The number of nitrogens with zero attached hydrogens (tertiary/aromatic N) is 3. The van der Waals surface area contributed by atoms with Crippen molar-refractivity contribution in [3.05, 3.63) is 69.5 Å². The van der Waals surface area contributed by atoms with Gasteiger partial charge in [-0.3, -0.25) is 0 Å². The number of halogens is 1. The molecule has 0 saturated heterocycles. The fraction of sp³-hybridized carbons (Fsp3) is 0.0588. The zero-order valence-corrected chi connectivity index (χ0v) is 14.5. The molecule has 0 atom stereocenters. The topological polar surface area (TPSA) is 42.2 Å². The molecule has 3 aromatic heterocycles. The van der Waals surface area contributed by atoms with Crippen molar-refractivity contribution in [1.29, 1.82) is 0 Å². The molecule has 1 N–H and O–H groups in total. The molecule has 3 heterocycles.